The van der Waals surface area contributed by atoms with Crippen molar-refractivity contribution in [3.05, 3.63) is 0 Å². The van der Waals surface area contributed by atoms with Crippen LogP contribution in [0.2, 0.25) is 0 Å². The first kappa shape index (κ1) is 16.0. The van der Waals surface area contributed by atoms with Crippen LogP contribution in [-0.2, 0) is 64.7 Å². The summed E-state index contributed by atoms with van der Waals surface area (Å²) in [6, 6.07) is 0. The Morgan fingerprint density at radius 1 is 1.25 bits per heavy atom. The van der Waals surface area contributed by atoms with Crippen LogP contribution in [-0.4, -0.2) is 0 Å². The molecule has 0 amide bonds. The molecule has 0 bridgehead atoms. The molecule has 0 saturated carbocycles. The summed E-state index contributed by atoms with van der Waals surface area (Å²) in [5.74, 6) is 0. The molecule has 4 heteroatoms. The molecule has 0 heterocycles. The normalized spacial score (nSPS) is 1.00. The van der Waals surface area contributed by atoms with E-state index in [0.29, 0.717) is 0 Å². The van der Waals surface area contributed by atoms with Crippen molar-refractivity contribution in [1.29, 1.82) is 0 Å². The molecule has 20 valence electrons. The minimum atomic E-state index is 0. The molecule has 0 aromatic rings. The zero-order valence-corrected chi connectivity index (χ0v) is 8.60. The Morgan fingerprint density at radius 3 is 1.25 bits per heavy atom. The molecule has 0 rings (SSSR count). The van der Waals surface area contributed by atoms with E-state index in [9.17, 15) is 0 Å². The number of hydrogen-bond donors (Lipinski definition) is 0. The van der Waals surface area contributed by atoms with Crippen LogP contribution < -0.4 is 0 Å². The molecular formula is H2PTiVZr. The Labute approximate surface area is 70.9 Å². The van der Waals surface area contributed by atoms with E-state index in [0.717, 1.165) is 0 Å². The van der Waals surface area contributed by atoms with Crippen molar-refractivity contribution >= 4 is 7.23 Å². The molecule has 1 radical (unpaired) electrons. The first-order valence-corrected chi connectivity index (χ1v) is 3.57. The van der Waals surface area contributed by atoms with E-state index in [4.69, 9.17) is 0 Å². The van der Waals surface area contributed by atoms with Gasteiger partial charge in [0, 0.05) is 44.8 Å². The Hall–Kier alpha value is 2.61. The average Bonchev–Trinajstić information content (AvgIpc) is 1.00. The van der Waals surface area contributed by atoms with Crippen LogP contribution >= 0.6 is 7.23 Å². The van der Waals surface area contributed by atoms with Crippen molar-refractivity contribution in [2.75, 3.05) is 0 Å². The van der Waals surface area contributed by atoms with Gasteiger partial charge in [-0.2, -0.15) is 0 Å². The van der Waals surface area contributed by atoms with Gasteiger partial charge in [-0.3, -0.25) is 0 Å². The summed E-state index contributed by atoms with van der Waals surface area (Å²) in [5.41, 5.74) is 0. The van der Waals surface area contributed by atoms with Crippen LogP contribution in [0.3, 0.4) is 0 Å². The summed E-state index contributed by atoms with van der Waals surface area (Å²) >= 11 is 1.92. The molecule has 1 atom stereocenters. The third-order valence-corrected chi connectivity index (χ3v) is 0. The van der Waals surface area contributed by atoms with Gasteiger partial charge in [-0.15, -0.1) is 0 Å². The summed E-state index contributed by atoms with van der Waals surface area (Å²) in [6.07, 6.45) is 0. The predicted octanol–water partition coefficient (Wildman–Crippen LogP) is 0.318. The minimum Gasteiger partial charge on any atom is 0 e. The van der Waals surface area contributed by atoms with E-state index in [1.54, 1.807) is 0 Å². The third kappa shape index (κ3) is 8.82. The Balaban J connectivity index is -0.00000000500. The minimum absolute atomic E-state index is 0. The second-order valence-electron chi connectivity index (χ2n) is 0. The van der Waals surface area contributed by atoms with E-state index in [-0.39, 0.29) is 44.8 Å². The summed E-state index contributed by atoms with van der Waals surface area (Å²) in [4.78, 5) is 0. The average molecular weight is 223 g/mol. The standard InChI is InChI=1S/H2P.Ti.V.Zr/h1H2;;;/q-1;+1;;. The van der Waals surface area contributed by atoms with E-state index < -0.39 is 0 Å². The Morgan fingerprint density at radius 2 is 1.25 bits per heavy atom. The molecular weight excluding hydrogens is 221 g/mol. The molecule has 0 aliphatic heterocycles. The molecule has 0 nitrogen and oxygen atoms in total. The van der Waals surface area contributed by atoms with Crippen molar-refractivity contribution < 1.29 is 64.7 Å². The fraction of sp³-hybridized carbons (Fsp3) is 0. The number of hydrogen-bond acceptors (Lipinski definition) is 0. The van der Waals surface area contributed by atoms with E-state index in [1.165, 1.54) is 0 Å². The van der Waals surface area contributed by atoms with Gasteiger partial charge in [0.25, 0.3) is 0 Å². The molecule has 0 N–H and O–H groups in total. The van der Waals surface area contributed by atoms with Gasteiger partial charge in [0.1, 0.15) is 0 Å². The van der Waals surface area contributed by atoms with Crippen LogP contribution in [0.1, 0.15) is 0 Å². The quantitative estimate of drug-likeness (QED) is 0.409. The Kier molecular flexibility index (Phi) is 69.8. The topological polar surface area (TPSA) is 0 Å². The molecule has 0 aromatic heterocycles. The maximum atomic E-state index is 2.42. The van der Waals surface area contributed by atoms with Gasteiger partial charge in [0.05, 0.1) is 0 Å². The molecule has 0 aliphatic carbocycles. The largest absolute Gasteiger partial charge is 0 e. The monoisotopic (exact) mass is 222 g/mol. The maximum Gasteiger partial charge on any atom is 0 e. The molecule has 1 unspecified atom stereocenters. The van der Waals surface area contributed by atoms with Gasteiger partial charge in [-0.1, -0.05) is 0 Å². The van der Waals surface area contributed by atoms with E-state index in [2.05, 4.69) is 7.23 Å². The van der Waals surface area contributed by atoms with Crippen LogP contribution in [0, 0.1) is 0 Å². The zero-order chi connectivity index (χ0) is 2.00. The van der Waals surface area contributed by atoms with Gasteiger partial charge in [-0.05, 0) is 0 Å². The Bertz CT molecular complexity index is 8.00. The molecule has 0 spiro atoms. The van der Waals surface area contributed by atoms with Crippen molar-refractivity contribution in [2.45, 2.75) is 0 Å². The summed E-state index contributed by atoms with van der Waals surface area (Å²) in [6.45, 7) is 0. The second kappa shape index (κ2) is 17.5. The fourth-order valence-corrected chi connectivity index (χ4v) is 0. The summed E-state index contributed by atoms with van der Waals surface area (Å²) < 4.78 is 0. The fourth-order valence-electron chi connectivity index (χ4n) is 0. The van der Waals surface area contributed by atoms with Gasteiger partial charge in [0.15, 0.2) is 0 Å². The van der Waals surface area contributed by atoms with Crippen LogP contribution in [0.4, 0.5) is 0 Å². The van der Waals surface area contributed by atoms with Gasteiger partial charge < -0.3 is 0 Å². The molecule has 0 aromatic carbocycles. The first-order chi connectivity index (χ1) is 1.00. The van der Waals surface area contributed by atoms with E-state index in [1.807, 2.05) is 19.9 Å². The van der Waals surface area contributed by atoms with Gasteiger partial charge in [0.2, 0.25) is 0 Å². The van der Waals surface area contributed by atoms with Crippen molar-refractivity contribution in [2.24, 2.45) is 0 Å². The molecule has 0 saturated heterocycles. The van der Waals surface area contributed by atoms with E-state index >= 15 is 0 Å². The van der Waals surface area contributed by atoms with Crippen molar-refractivity contribution in [3.63, 3.8) is 0 Å². The molecule has 0 fully saturated rings. The summed E-state index contributed by atoms with van der Waals surface area (Å²) in [7, 11) is 2.42. The predicted molar refractivity (Wildman–Crippen MR) is 9.71 cm³/mol. The smallest absolute Gasteiger partial charge is 0 e. The maximum absolute atomic E-state index is 2.42. The molecule has 4 heavy (non-hydrogen) atoms. The summed E-state index contributed by atoms with van der Waals surface area (Å²) in [5, 5.41) is 0. The number of rotatable bonds is 0. The van der Waals surface area contributed by atoms with Crippen LogP contribution in [0.5, 0.6) is 0 Å². The first-order valence-electron chi connectivity index (χ1n) is 0.289. The third-order valence-electron chi connectivity index (χ3n) is 0. The van der Waals surface area contributed by atoms with Crippen LogP contribution in [0.15, 0.2) is 0 Å². The molecule has 0 aliphatic rings. The SMILES string of the molecule is [PH2][Ti].[V].[Zr]. The zero-order valence-electron chi connectivity index (χ0n) is 2.02. The van der Waals surface area contributed by atoms with Gasteiger partial charge >= 0.3 is 27.2 Å². The van der Waals surface area contributed by atoms with Gasteiger partial charge in [-0.25, -0.2) is 0 Å². The van der Waals surface area contributed by atoms with Crippen molar-refractivity contribution in [3.8, 4) is 0 Å². The second-order valence-corrected chi connectivity index (χ2v) is 0. The van der Waals surface area contributed by atoms with Crippen molar-refractivity contribution in [1.82, 2.24) is 0 Å². The van der Waals surface area contributed by atoms with Crippen LogP contribution in [0.25, 0.3) is 0 Å².